The Labute approximate surface area is 160 Å². The average molecular weight is 377 g/mol. The molecule has 1 aromatic heterocycles. The Kier molecular flexibility index (Phi) is 6.84. The molecule has 2 amide bonds. The maximum Gasteiger partial charge on any atom is 0.274 e. The number of likely N-dealkylation sites (tertiary alicyclic amines) is 2. The van der Waals surface area contributed by atoms with Gasteiger partial charge in [-0.15, -0.1) is 0 Å². The van der Waals surface area contributed by atoms with Crippen LogP contribution in [0.3, 0.4) is 0 Å². The van der Waals surface area contributed by atoms with Crippen LogP contribution in [0.25, 0.3) is 0 Å². The zero-order valence-corrected chi connectivity index (χ0v) is 16.4. The summed E-state index contributed by atoms with van der Waals surface area (Å²) in [4.78, 5) is 29.2. The van der Waals surface area contributed by atoms with Gasteiger partial charge in [0.15, 0.2) is 0 Å². The molecule has 150 valence electrons. The van der Waals surface area contributed by atoms with E-state index in [1.54, 1.807) is 13.2 Å². The number of ether oxygens (including phenoxy) is 1. The van der Waals surface area contributed by atoms with Crippen LogP contribution in [-0.4, -0.2) is 84.3 Å². The van der Waals surface area contributed by atoms with Gasteiger partial charge in [-0.05, 0) is 45.2 Å². The second-order valence-corrected chi connectivity index (χ2v) is 7.58. The first-order valence-corrected chi connectivity index (χ1v) is 9.90. The van der Waals surface area contributed by atoms with Crippen LogP contribution in [0.4, 0.5) is 0 Å². The lowest BCUT2D eigenvalue weighted by molar-refractivity contribution is -0.127. The number of aromatic amines is 1. The van der Waals surface area contributed by atoms with Gasteiger partial charge in [0.2, 0.25) is 5.91 Å². The molecule has 0 aromatic carbocycles. The largest absolute Gasteiger partial charge is 0.383 e. The third kappa shape index (κ3) is 5.07. The molecule has 2 fully saturated rings. The van der Waals surface area contributed by atoms with Crippen molar-refractivity contribution >= 4 is 11.8 Å². The summed E-state index contributed by atoms with van der Waals surface area (Å²) < 4.78 is 4.99. The van der Waals surface area contributed by atoms with Crippen LogP contribution in [0.5, 0.6) is 0 Å². The highest BCUT2D eigenvalue weighted by Crippen LogP contribution is 2.24. The van der Waals surface area contributed by atoms with Crippen LogP contribution < -0.4 is 5.32 Å². The van der Waals surface area contributed by atoms with Crippen LogP contribution >= 0.6 is 0 Å². The minimum absolute atomic E-state index is 0.00633. The molecule has 0 aliphatic carbocycles. The molecule has 1 atom stereocenters. The van der Waals surface area contributed by atoms with Gasteiger partial charge in [-0.25, -0.2) is 0 Å². The highest BCUT2D eigenvalue weighted by atomic mass is 16.5. The summed E-state index contributed by atoms with van der Waals surface area (Å²) in [5.74, 6) is 0.201. The van der Waals surface area contributed by atoms with Crippen molar-refractivity contribution in [3.63, 3.8) is 0 Å². The van der Waals surface area contributed by atoms with E-state index in [0.29, 0.717) is 24.9 Å². The van der Waals surface area contributed by atoms with Crippen molar-refractivity contribution in [2.24, 2.45) is 5.92 Å². The Balaban J connectivity index is 1.47. The fourth-order valence-corrected chi connectivity index (χ4v) is 4.10. The molecule has 2 saturated heterocycles. The van der Waals surface area contributed by atoms with Crippen molar-refractivity contribution < 1.29 is 14.3 Å². The van der Waals surface area contributed by atoms with Crippen molar-refractivity contribution in [3.05, 3.63) is 17.5 Å². The van der Waals surface area contributed by atoms with E-state index in [1.807, 2.05) is 11.8 Å². The number of hydrogen-bond donors (Lipinski definition) is 2. The van der Waals surface area contributed by atoms with E-state index in [0.717, 1.165) is 57.6 Å². The van der Waals surface area contributed by atoms with E-state index in [-0.39, 0.29) is 17.7 Å². The molecule has 1 aromatic rings. The Morgan fingerprint density at radius 1 is 1.30 bits per heavy atom. The third-order valence-electron chi connectivity index (χ3n) is 5.62. The summed E-state index contributed by atoms with van der Waals surface area (Å²) in [6.45, 7) is 6.36. The minimum Gasteiger partial charge on any atom is -0.383 e. The molecule has 0 radical (unpaired) electrons. The van der Waals surface area contributed by atoms with Gasteiger partial charge in [0.25, 0.3) is 5.91 Å². The van der Waals surface area contributed by atoms with Crippen LogP contribution in [0.2, 0.25) is 0 Å². The smallest absolute Gasteiger partial charge is 0.274 e. The number of methoxy groups -OCH3 is 1. The fourth-order valence-electron chi connectivity index (χ4n) is 4.10. The number of nitrogens with one attached hydrogen (secondary N) is 2. The summed E-state index contributed by atoms with van der Waals surface area (Å²) in [5, 5.41) is 9.88. The van der Waals surface area contributed by atoms with Gasteiger partial charge >= 0.3 is 0 Å². The Hall–Kier alpha value is -1.93. The molecule has 2 aliphatic rings. The molecule has 8 nitrogen and oxygen atoms in total. The quantitative estimate of drug-likeness (QED) is 0.716. The van der Waals surface area contributed by atoms with Crippen molar-refractivity contribution in [2.75, 3.05) is 46.4 Å². The van der Waals surface area contributed by atoms with E-state index < -0.39 is 0 Å². The van der Waals surface area contributed by atoms with Gasteiger partial charge in [-0.3, -0.25) is 19.6 Å². The SMILES string of the molecule is COCCNC(=O)C1CCCN(C2CCN(C(=O)c3cc(C)[nH]n3)CC2)C1. The Morgan fingerprint density at radius 2 is 2.07 bits per heavy atom. The highest BCUT2D eigenvalue weighted by molar-refractivity contribution is 5.92. The normalized spacial score (nSPS) is 22.0. The Morgan fingerprint density at radius 3 is 2.74 bits per heavy atom. The van der Waals surface area contributed by atoms with Crippen LogP contribution in [0, 0.1) is 12.8 Å². The van der Waals surface area contributed by atoms with E-state index >= 15 is 0 Å². The molecule has 0 bridgehead atoms. The second kappa shape index (κ2) is 9.32. The monoisotopic (exact) mass is 377 g/mol. The number of H-pyrrole nitrogens is 1. The lowest BCUT2D eigenvalue weighted by Crippen LogP contribution is -2.51. The number of carbonyl (C=O) groups is 2. The summed E-state index contributed by atoms with van der Waals surface area (Å²) in [6, 6.07) is 2.25. The zero-order chi connectivity index (χ0) is 19.2. The van der Waals surface area contributed by atoms with Gasteiger partial charge in [0, 0.05) is 45.0 Å². The highest BCUT2D eigenvalue weighted by Gasteiger charge is 2.32. The number of amides is 2. The lowest BCUT2D eigenvalue weighted by Gasteiger charge is -2.41. The molecule has 8 heteroatoms. The second-order valence-electron chi connectivity index (χ2n) is 7.58. The predicted octanol–water partition coefficient (Wildman–Crippen LogP) is 0.797. The van der Waals surface area contributed by atoms with Crippen LogP contribution in [0.15, 0.2) is 6.07 Å². The molecule has 2 aliphatic heterocycles. The van der Waals surface area contributed by atoms with E-state index in [1.165, 1.54) is 0 Å². The number of piperidine rings is 2. The summed E-state index contributed by atoms with van der Waals surface area (Å²) >= 11 is 0. The zero-order valence-electron chi connectivity index (χ0n) is 16.4. The standard InChI is InChI=1S/C19H31N5O3/c1-14-12-17(22-21-14)19(26)23-9-5-16(6-10-23)24-8-3-4-15(13-24)18(25)20-7-11-27-2/h12,15-16H,3-11,13H2,1-2H3,(H,20,25)(H,21,22). The average Bonchev–Trinajstić information content (AvgIpc) is 3.14. The fraction of sp³-hybridized carbons (Fsp3) is 0.737. The number of rotatable bonds is 6. The molecule has 3 rings (SSSR count). The van der Waals surface area contributed by atoms with Crippen LogP contribution in [-0.2, 0) is 9.53 Å². The first-order valence-electron chi connectivity index (χ1n) is 9.90. The van der Waals surface area contributed by atoms with Gasteiger partial charge in [0.05, 0.1) is 12.5 Å². The number of carbonyl (C=O) groups excluding carboxylic acids is 2. The maximum absolute atomic E-state index is 12.5. The topological polar surface area (TPSA) is 90.6 Å². The number of aryl methyl sites for hydroxylation is 1. The van der Waals surface area contributed by atoms with Gasteiger partial charge in [0.1, 0.15) is 5.69 Å². The molecular weight excluding hydrogens is 346 g/mol. The van der Waals surface area contributed by atoms with Crippen molar-refractivity contribution in [1.82, 2.24) is 25.3 Å². The maximum atomic E-state index is 12.5. The summed E-state index contributed by atoms with van der Waals surface area (Å²) in [7, 11) is 1.64. The number of aromatic nitrogens is 2. The number of nitrogens with zero attached hydrogens (tertiary/aromatic N) is 3. The third-order valence-corrected chi connectivity index (χ3v) is 5.62. The van der Waals surface area contributed by atoms with Crippen LogP contribution in [0.1, 0.15) is 41.9 Å². The first kappa shape index (κ1) is 19.8. The van der Waals surface area contributed by atoms with Gasteiger partial charge in [-0.2, -0.15) is 5.10 Å². The summed E-state index contributed by atoms with van der Waals surface area (Å²) in [5.41, 5.74) is 1.40. The molecule has 2 N–H and O–H groups in total. The van der Waals surface area contributed by atoms with Crippen molar-refractivity contribution in [3.8, 4) is 0 Å². The van der Waals surface area contributed by atoms with E-state index in [2.05, 4.69) is 20.4 Å². The van der Waals surface area contributed by atoms with E-state index in [4.69, 9.17) is 4.74 Å². The van der Waals surface area contributed by atoms with E-state index in [9.17, 15) is 9.59 Å². The van der Waals surface area contributed by atoms with Crippen molar-refractivity contribution in [2.45, 2.75) is 38.6 Å². The molecule has 1 unspecified atom stereocenters. The molecule has 0 saturated carbocycles. The summed E-state index contributed by atoms with van der Waals surface area (Å²) in [6.07, 6.45) is 3.90. The number of hydrogen-bond acceptors (Lipinski definition) is 5. The lowest BCUT2D eigenvalue weighted by atomic mass is 9.93. The molecule has 27 heavy (non-hydrogen) atoms. The molecular formula is C19H31N5O3. The Bertz CT molecular complexity index is 639. The van der Waals surface area contributed by atoms with Gasteiger partial charge < -0.3 is 15.0 Å². The van der Waals surface area contributed by atoms with Gasteiger partial charge in [-0.1, -0.05) is 0 Å². The minimum atomic E-state index is 0.00633. The predicted molar refractivity (Wildman–Crippen MR) is 101 cm³/mol. The first-order chi connectivity index (χ1) is 13.1. The molecule has 0 spiro atoms. The van der Waals surface area contributed by atoms with Crippen molar-refractivity contribution in [1.29, 1.82) is 0 Å². The molecule has 3 heterocycles.